The quantitative estimate of drug-likeness (QED) is 0.641. The van der Waals surface area contributed by atoms with E-state index in [4.69, 9.17) is 16.6 Å². The number of aliphatic carboxylic acids is 1. The minimum Gasteiger partial charge on any atom is -0.480 e. The van der Waals surface area contributed by atoms with Gasteiger partial charge in [0.2, 0.25) is 5.95 Å². The van der Waals surface area contributed by atoms with E-state index in [2.05, 4.69) is 9.97 Å². The van der Waals surface area contributed by atoms with Crippen LogP contribution in [0.1, 0.15) is 13.8 Å². The van der Waals surface area contributed by atoms with Crippen molar-refractivity contribution in [1.82, 2.24) is 9.97 Å². The summed E-state index contributed by atoms with van der Waals surface area (Å²) in [5, 5.41) is 8.23. The maximum absolute atomic E-state index is 10.0. The molecule has 0 unspecified atom stereocenters. The topological polar surface area (TPSA) is 115 Å². The van der Waals surface area contributed by atoms with Crippen molar-refractivity contribution in [2.45, 2.75) is 19.9 Å². The predicted octanol–water partition coefficient (Wildman–Crippen LogP) is 0.113. The van der Waals surface area contributed by atoms with Crippen molar-refractivity contribution >= 4 is 11.9 Å². The fraction of sp³-hybridized carbons (Fsp3) is 0.444. The molecule has 0 saturated carbocycles. The van der Waals surface area contributed by atoms with Gasteiger partial charge in [0, 0.05) is 12.4 Å². The van der Waals surface area contributed by atoms with Crippen LogP contribution in [0.3, 0.4) is 0 Å². The number of nitrogens with two attached hydrogens (primary N) is 2. The van der Waals surface area contributed by atoms with Gasteiger partial charge in [-0.25, -0.2) is 9.97 Å². The second-order valence-corrected chi connectivity index (χ2v) is 3.22. The third kappa shape index (κ3) is 6.39. The van der Waals surface area contributed by atoms with Gasteiger partial charge in [0.1, 0.15) is 6.04 Å². The van der Waals surface area contributed by atoms with Crippen molar-refractivity contribution in [2.75, 3.05) is 5.73 Å². The Labute approximate surface area is 88.3 Å². The summed E-state index contributed by atoms with van der Waals surface area (Å²) in [6, 6.07) is 1.01. The van der Waals surface area contributed by atoms with Crippen LogP contribution < -0.4 is 11.5 Å². The number of hydrogen-bond acceptors (Lipinski definition) is 5. The van der Waals surface area contributed by atoms with E-state index in [1.807, 2.05) is 0 Å². The van der Waals surface area contributed by atoms with Crippen LogP contribution in [0.5, 0.6) is 0 Å². The first kappa shape index (κ1) is 13.3. The molecule has 0 radical (unpaired) electrons. The van der Waals surface area contributed by atoms with E-state index in [1.165, 1.54) is 0 Å². The fourth-order valence-corrected chi connectivity index (χ4v) is 0.596. The Hall–Kier alpha value is -1.69. The normalized spacial score (nSPS) is 11.5. The first-order valence-electron chi connectivity index (χ1n) is 4.46. The van der Waals surface area contributed by atoms with Crippen LogP contribution in [0.15, 0.2) is 18.5 Å². The molecule has 1 aromatic rings. The summed E-state index contributed by atoms with van der Waals surface area (Å²) in [5.41, 5.74) is 10.3. The molecule has 0 amide bonds. The van der Waals surface area contributed by atoms with Gasteiger partial charge < -0.3 is 16.6 Å². The lowest BCUT2D eigenvalue weighted by atomic mass is 10.1. The Kier molecular flexibility index (Phi) is 5.96. The van der Waals surface area contributed by atoms with E-state index in [1.54, 1.807) is 32.3 Å². The SMILES string of the molecule is CC(C)[C@H](N)C(=O)O.Nc1ncccn1. The van der Waals surface area contributed by atoms with Crippen LogP contribution in [0.2, 0.25) is 0 Å². The third-order valence-electron chi connectivity index (χ3n) is 1.59. The molecule has 0 aliphatic carbocycles. The Balaban J connectivity index is 0.000000262. The Bertz CT molecular complexity index is 289. The zero-order valence-corrected chi connectivity index (χ0v) is 8.79. The molecule has 0 bridgehead atoms. The van der Waals surface area contributed by atoms with Gasteiger partial charge in [-0.05, 0) is 12.0 Å². The maximum Gasteiger partial charge on any atom is 0.320 e. The van der Waals surface area contributed by atoms with Gasteiger partial charge in [-0.3, -0.25) is 4.79 Å². The molecule has 0 spiro atoms. The zero-order valence-electron chi connectivity index (χ0n) is 8.79. The van der Waals surface area contributed by atoms with Gasteiger partial charge >= 0.3 is 5.97 Å². The first-order chi connectivity index (χ1) is 6.95. The molecule has 0 saturated heterocycles. The van der Waals surface area contributed by atoms with E-state index >= 15 is 0 Å². The highest BCUT2D eigenvalue weighted by Gasteiger charge is 2.14. The summed E-state index contributed by atoms with van der Waals surface area (Å²) in [6.45, 7) is 3.55. The van der Waals surface area contributed by atoms with E-state index in [0.717, 1.165) is 0 Å². The molecule has 1 rings (SSSR count). The molecule has 0 aliphatic rings. The molecule has 1 aromatic heterocycles. The van der Waals surface area contributed by atoms with Crippen LogP contribution in [-0.4, -0.2) is 27.1 Å². The Morgan fingerprint density at radius 3 is 2.00 bits per heavy atom. The summed E-state index contributed by atoms with van der Waals surface area (Å²) >= 11 is 0. The van der Waals surface area contributed by atoms with Gasteiger partial charge in [-0.15, -0.1) is 0 Å². The Morgan fingerprint density at radius 2 is 1.87 bits per heavy atom. The van der Waals surface area contributed by atoms with Gasteiger partial charge in [-0.2, -0.15) is 0 Å². The minimum atomic E-state index is -0.931. The molecule has 6 heteroatoms. The van der Waals surface area contributed by atoms with Crippen LogP contribution in [0.4, 0.5) is 5.95 Å². The number of nitrogens with zero attached hydrogens (tertiary/aromatic N) is 2. The van der Waals surface area contributed by atoms with Gasteiger partial charge in [0.05, 0.1) is 0 Å². The van der Waals surface area contributed by atoms with E-state index in [0.29, 0.717) is 5.95 Å². The lowest BCUT2D eigenvalue weighted by Crippen LogP contribution is -2.34. The molecular weight excluding hydrogens is 196 g/mol. The number of rotatable bonds is 2. The number of carboxylic acid groups (broad SMARTS) is 1. The molecule has 6 nitrogen and oxygen atoms in total. The summed E-state index contributed by atoms with van der Waals surface area (Å²) in [5.74, 6) is -0.588. The van der Waals surface area contributed by atoms with E-state index < -0.39 is 12.0 Å². The largest absolute Gasteiger partial charge is 0.480 e. The highest BCUT2D eigenvalue weighted by molar-refractivity contribution is 5.73. The van der Waals surface area contributed by atoms with Crippen LogP contribution >= 0.6 is 0 Å². The lowest BCUT2D eigenvalue weighted by Gasteiger charge is -2.07. The van der Waals surface area contributed by atoms with Crippen molar-refractivity contribution in [3.05, 3.63) is 18.5 Å². The molecule has 5 N–H and O–H groups in total. The molecule has 1 atom stereocenters. The maximum atomic E-state index is 10.0. The average Bonchev–Trinajstić information content (AvgIpc) is 2.18. The van der Waals surface area contributed by atoms with Crippen molar-refractivity contribution in [1.29, 1.82) is 0 Å². The standard InChI is InChI=1S/C5H11NO2.C4H5N3/c1-3(2)4(6)5(7)8;5-4-6-2-1-3-7-4/h3-4H,6H2,1-2H3,(H,7,8);1-3H,(H2,5,6,7)/t4-;/m0./s1. The molecule has 0 aliphatic heterocycles. The molecule has 0 fully saturated rings. The third-order valence-corrected chi connectivity index (χ3v) is 1.59. The predicted molar refractivity (Wildman–Crippen MR) is 56.9 cm³/mol. The summed E-state index contributed by atoms with van der Waals surface area (Å²) in [6.07, 6.45) is 3.20. The van der Waals surface area contributed by atoms with Crippen LogP contribution in [0.25, 0.3) is 0 Å². The highest BCUT2D eigenvalue weighted by atomic mass is 16.4. The van der Waals surface area contributed by atoms with Gasteiger partial charge in [0.15, 0.2) is 0 Å². The number of hydrogen-bond donors (Lipinski definition) is 3. The number of carbonyl (C=O) groups is 1. The van der Waals surface area contributed by atoms with Crippen LogP contribution in [-0.2, 0) is 4.79 Å². The number of aromatic nitrogens is 2. The van der Waals surface area contributed by atoms with Gasteiger partial charge in [-0.1, -0.05) is 13.8 Å². The van der Waals surface area contributed by atoms with E-state index in [-0.39, 0.29) is 5.92 Å². The van der Waals surface area contributed by atoms with Crippen molar-refractivity contribution in [2.24, 2.45) is 11.7 Å². The summed E-state index contributed by atoms with van der Waals surface area (Å²) in [4.78, 5) is 17.3. The molecule has 15 heavy (non-hydrogen) atoms. The Morgan fingerprint density at radius 1 is 1.40 bits per heavy atom. The minimum absolute atomic E-state index is 0.0208. The lowest BCUT2D eigenvalue weighted by molar-refractivity contribution is -0.139. The fourth-order valence-electron chi connectivity index (χ4n) is 0.596. The van der Waals surface area contributed by atoms with Crippen LogP contribution in [0, 0.1) is 5.92 Å². The summed E-state index contributed by atoms with van der Waals surface area (Å²) in [7, 11) is 0. The molecular formula is C9H16N4O2. The van der Waals surface area contributed by atoms with Crippen molar-refractivity contribution < 1.29 is 9.90 Å². The number of carboxylic acids is 1. The first-order valence-corrected chi connectivity index (χ1v) is 4.46. The second kappa shape index (κ2) is 6.72. The molecule has 0 aromatic carbocycles. The van der Waals surface area contributed by atoms with Crippen molar-refractivity contribution in [3.8, 4) is 0 Å². The monoisotopic (exact) mass is 212 g/mol. The van der Waals surface area contributed by atoms with Crippen molar-refractivity contribution in [3.63, 3.8) is 0 Å². The second-order valence-electron chi connectivity index (χ2n) is 3.22. The van der Waals surface area contributed by atoms with Gasteiger partial charge in [0.25, 0.3) is 0 Å². The summed E-state index contributed by atoms with van der Waals surface area (Å²) < 4.78 is 0. The molecule has 84 valence electrons. The molecule has 1 heterocycles. The van der Waals surface area contributed by atoms with E-state index in [9.17, 15) is 4.79 Å². The highest BCUT2D eigenvalue weighted by Crippen LogP contribution is 1.96. The zero-order chi connectivity index (χ0) is 11.8. The average molecular weight is 212 g/mol. The number of anilines is 1. The number of nitrogen functional groups attached to an aromatic ring is 1. The smallest absolute Gasteiger partial charge is 0.320 e.